The van der Waals surface area contributed by atoms with Crippen molar-refractivity contribution in [2.45, 2.75) is 19.6 Å². The lowest BCUT2D eigenvalue weighted by Crippen LogP contribution is -2.36. The zero-order valence-corrected chi connectivity index (χ0v) is 12.1. The van der Waals surface area contributed by atoms with E-state index >= 15 is 0 Å². The summed E-state index contributed by atoms with van der Waals surface area (Å²) in [4.78, 5) is 23.7. The molecule has 1 rings (SSSR count). The molecule has 0 spiro atoms. The second-order valence-electron chi connectivity index (χ2n) is 4.28. The summed E-state index contributed by atoms with van der Waals surface area (Å²) in [5.41, 5.74) is 2.38. The van der Waals surface area contributed by atoms with Crippen LogP contribution >= 0.6 is 11.8 Å². The van der Waals surface area contributed by atoms with E-state index in [4.69, 9.17) is 5.11 Å². The SMILES string of the molecule is CCN(CC(=O)O)C(=O)CSCc1ccc(C)cc1. The maximum Gasteiger partial charge on any atom is 0.323 e. The number of rotatable bonds is 7. The molecule has 0 aliphatic heterocycles. The Bertz CT molecular complexity index is 431. The van der Waals surface area contributed by atoms with Gasteiger partial charge in [-0.3, -0.25) is 9.59 Å². The van der Waals surface area contributed by atoms with Crippen LogP contribution in [0.15, 0.2) is 24.3 Å². The highest BCUT2D eigenvalue weighted by atomic mass is 32.2. The number of amides is 1. The molecule has 1 aromatic rings. The Balaban J connectivity index is 2.37. The van der Waals surface area contributed by atoms with Gasteiger partial charge >= 0.3 is 5.97 Å². The lowest BCUT2D eigenvalue weighted by Gasteiger charge is -2.18. The van der Waals surface area contributed by atoms with Crippen LogP contribution in [0.5, 0.6) is 0 Å². The lowest BCUT2D eigenvalue weighted by atomic mass is 10.2. The summed E-state index contributed by atoms with van der Waals surface area (Å²) >= 11 is 1.51. The molecule has 0 heterocycles. The Hall–Kier alpha value is -1.49. The first kappa shape index (κ1) is 15.6. The second-order valence-corrected chi connectivity index (χ2v) is 5.27. The van der Waals surface area contributed by atoms with E-state index in [9.17, 15) is 9.59 Å². The number of carboxylic acid groups (broad SMARTS) is 1. The Morgan fingerprint density at radius 1 is 1.26 bits per heavy atom. The van der Waals surface area contributed by atoms with Gasteiger partial charge in [-0.15, -0.1) is 11.8 Å². The van der Waals surface area contributed by atoms with E-state index in [0.29, 0.717) is 12.3 Å². The van der Waals surface area contributed by atoms with Gasteiger partial charge in [0.05, 0.1) is 5.75 Å². The first-order valence-corrected chi connectivity index (χ1v) is 7.31. The van der Waals surface area contributed by atoms with Gasteiger partial charge in [-0.05, 0) is 19.4 Å². The Kier molecular flexibility index (Phi) is 6.42. The molecule has 0 saturated heterocycles. The first-order valence-electron chi connectivity index (χ1n) is 6.15. The Morgan fingerprint density at radius 3 is 2.42 bits per heavy atom. The van der Waals surface area contributed by atoms with Crippen molar-refractivity contribution in [3.05, 3.63) is 35.4 Å². The highest BCUT2D eigenvalue weighted by Crippen LogP contribution is 2.13. The van der Waals surface area contributed by atoms with Crippen LogP contribution in [0.1, 0.15) is 18.1 Å². The van der Waals surface area contributed by atoms with E-state index in [1.807, 2.05) is 31.2 Å². The fourth-order valence-corrected chi connectivity index (χ4v) is 2.46. The Labute approximate surface area is 117 Å². The summed E-state index contributed by atoms with van der Waals surface area (Å²) in [6, 6.07) is 8.17. The summed E-state index contributed by atoms with van der Waals surface area (Å²) in [6.45, 7) is 4.02. The van der Waals surface area contributed by atoms with Crippen LogP contribution in [0.4, 0.5) is 0 Å². The van der Waals surface area contributed by atoms with E-state index in [0.717, 1.165) is 5.75 Å². The van der Waals surface area contributed by atoms with Crippen molar-refractivity contribution < 1.29 is 14.7 Å². The molecule has 5 heteroatoms. The van der Waals surface area contributed by atoms with E-state index in [2.05, 4.69) is 0 Å². The van der Waals surface area contributed by atoms with Gasteiger partial charge in [-0.2, -0.15) is 0 Å². The molecule has 0 bridgehead atoms. The molecule has 0 atom stereocenters. The smallest absolute Gasteiger partial charge is 0.323 e. The Morgan fingerprint density at radius 2 is 1.89 bits per heavy atom. The van der Waals surface area contributed by atoms with E-state index in [1.54, 1.807) is 6.92 Å². The molecule has 0 saturated carbocycles. The number of benzene rings is 1. The predicted molar refractivity (Wildman–Crippen MR) is 77.2 cm³/mol. The van der Waals surface area contributed by atoms with Crippen molar-refractivity contribution in [2.75, 3.05) is 18.8 Å². The summed E-state index contributed by atoms with van der Waals surface area (Å²) in [7, 11) is 0. The number of hydrogen-bond acceptors (Lipinski definition) is 3. The number of hydrogen-bond donors (Lipinski definition) is 1. The number of carboxylic acids is 1. The highest BCUT2D eigenvalue weighted by Gasteiger charge is 2.14. The van der Waals surface area contributed by atoms with Gasteiger partial charge in [-0.25, -0.2) is 0 Å². The van der Waals surface area contributed by atoms with E-state index < -0.39 is 5.97 Å². The maximum absolute atomic E-state index is 11.8. The maximum atomic E-state index is 11.8. The van der Waals surface area contributed by atoms with Gasteiger partial charge in [0, 0.05) is 12.3 Å². The first-order chi connectivity index (χ1) is 9.02. The predicted octanol–water partition coefficient (Wildman–Crippen LogP) is 2.16. The number of likely N-dealkylation sites (N-methyl/N-ethyl adjacent to an activating group) is 1. The summed E-state index contributed by atoms with van der Waals surface area (Å²) in [5, 5.41) is 8.69. The molecule has 0 aromatic heterocycles. The quantitative estimate of drug-likeness (QED) is 0.832. The van der Waals surface area contributed by atoms with Crippen LogP contribution in [0.3, 0.4) is 0 Å². The highest BCUT2D eigenvalue weighted by molar-refractivity contribution is 7.99. The average molecular weight is 281 g/mol. The molecule has 1 amide bonds. The minimum atomic E-state index is -0.973. The van der Waals surface area contributed by atoms with E-state index in [1.165, 1.54) is 27.8 Å². The number of aliphatic carboxylic acids is 1. The monoisotopic (exact) mass is 281 g/mol. The molecule has 104 valence electrons. The van der Waals surface area contributed by atoms with Crippen LogP contribution in [0, 0.1) is 6.92 Å². The average Bonchev–Trinajstić information content (AvgIpc) is 2.38. The fraction of sp³-hybridized carbons (Fsp3) is 0.429. The van der Waals surface area contributed by atoms with Crippen molar-refractivity contribution in [1.82, 2.24) is 4.90 Å². The third-order valence-corrected chi connectivity index (χ3v) is 3.66. The molecule has 0 radical (unpaired) electrons. The molecule has 1 aromatic carbocycles. The summed E-state index contributed by atoms with van der Waals surface area (Å²) in [6.07, 6.45) is 0. The number of carbonyl (C=O) groups excluding carboxylic acids is 1. The van der Waals surface area contributed by atoms with Crippen molar-refractivity contribution >= 4 is 23.6 Å². The molecule has 19 heavy (non-hydrogen) atoms. The normalized spacial score (nSPS) is 10.2. The molecular weight excluding hydrogens is 262 g/mol. The second kappa shape index (κ2) is 7.84. The van der Waals surface area contributed by atoms with Crippen LogP contribution in [0.25, 0.3) is 0 Å². The minimum absolute atomic E-state index is 0.123. The van der Waals surface area contributed by atoms with Gasteiger partial charge in [0.2, 0.25) is 5.91 Å². The molecule has 1 N–H and O–H groups in total. The topological polar surface area (TPSA) is 57.6 Å². The number of thioether (sulfide) groups is 1. The largest absolute Gasteiger partial charge is 0.480 e. The van der Waals surface area contributed by atoms with Crippen LogP contribution in [-0.2, 0) is 15.3 Å². The molecule has 4 nitrogen and oxygen atoms in total. The van der Waals surface area contributed by atoms with E-state index in [-0.39, 0.29) is 12.5 Å². The third kappa shape index (κ3) is 5.79. The minimum Gasteiger partial charge on any atom is -0.480 e. The van der Waals surface area contributed by atoms with Crippen molar-refractivity contribution in [3.8, 4) is 0 Å². The van der Waals surface area contributed by atoms with Crippen LogP contribution in [-0.4, -0.2) is 40.7 Å². The fourth-order valence-electron chi connectivity index (χ4n) is 1.57. The van der Waals surface area contributed by atoms with Gasteiger partial charge in [0.1, 0.15) is 6.54 Å². The zero-order valence-electron chi connectivity index (χ0n) is 11.3. The van der Waals surface area contributed by atoms with Gasteiger partial charge < -0.3 is 10.0 Å². The number of aryl methyl sites for hydroxylation is 1. The standard InChI is InChI=1S/C14H19NO3S/c1-3-15(8-14(17)18)13(16)10-19-9-12-6-4-11(2)5-7-12/h4-7H,3,8-10H2,1-2H3,(H,17,18). The molecular formula is C14H19NO3S. The molecule has 0 unspecified atom stereocenters. The van der Waals surface area contributed by atoms with Gasteiger partial charge in [0.25, 0.3) is 0 Å². The van der Waals surface area contributed by atoms with Crippen LogP contribution in [0.2, 0.25) is 0 Å². The zero-order chi connectivity index (χ0) is 14.3. The molecule has 0 aliphatic carbocycles. The molecule has 0 aliphatic rings. The number of carbonyl (C=O) groups is 2. The lowest BCUT2D eigenvalue weighted by molar-refractivity contribution is -0.143. The van der Waals surface area contributed by atoms with Crippen LogP contribution < -0.4 is 0 Å². The van der Waals surface area contributed by atoms with Gasteiger partial charge in [-0.1, -0.05) is 29.8 Å². The molecule has 0 fully saturated rings. The third-order valence-electron chi connectivity index (χ3n) is 2.68. The number of nitrogens with zero attached hydrogens (tertiary/aromatic N) is 1. The van der Waals surface area contributed by atoms with Crippen molar-refractivity contribution in [1.29, 1.82) is 0 Å². The van der Waals surface area contributed by atoms with Crippen molar-refractivity contribution in [3.63, 3.8) is 0 Å². The summed E-state index contributed by atoms with van der Waals surface area (Å²) < 4.78 is 0. The van der Waals surface area contributed by atoms with Crippen molar-refractivity contribution in [2.24, 2.45) is 0 Å². The summed E-state index contributed by atoms with van der Waals surface area (Å²) in [5.74, 6) is -0.0215. The van der Waals surface area contributed by atoms with Gasteiger partial charge in [0.15, 0.2) is 0 Å².